The highest BCUT2D eigenvalue weighted by molar-refractivity contribution is 5.88. The molecule has 3 nitrogen and oxygen atoms in total. The van der Waals surface area contributed by atoms with Gasteiger partial charge in [0, 0.05) is 18.5 Å². The molecule has 1 N–H and O–H groups in total. The first-order chi connectivity index (χ1) is 7.09. The largest absolute Gasteiger partial charge is 0.346 e. The van der Waals surface area contributed by atoms with E-state index in [1.807, 2.05) is 32.9 Å². The zero-order valence-corrected chi connectivity index (χ0v) is 9.32. The van der Waals surface area contributed by atoms with Crippen LogP contribution >= 0.6 is 0 Å². The van der Waals surface area contributed by atoms with Gasteiger partial charge >= 0.3 is 0 Å². The molecule has 0 aliphatic rings. The highest BCUT2D eigenvalue weighted by Crippen LogP contribution is 2.09. The fraction of sp³-hybridized carbons (Fsp3) is 0.333. The molecule has 1 rings (SSSR count). The van der Waals surface area contributed by atoms with Crippen molar-refractivity contribution in [3.63, 3.8) is 0 Å². The first kappa shape index (κ1) is 11.4. The number of carbonyl (C=O) groups excluding carboxylic acids is 1. The van der Waals surface area contributed by atoms with Crippen molar-refractivity contribution in [1.82, 2.24) is 10.3 Å². The molecule has 0 aromatic carbocycles. The summed E-state index contributed by atoms with van der Waals surface area (Å²) in [6.45, 7) is 5.75. The fourth-order valence-electron chi connectivity index (χ4n) is 1.25. The second-order valence-electron chi connectivity index (χ2n) is 3.73. The zero-order chi connectivity index (χ0) is 11.3. The fourth-order valence-corrected chi connectivity index (χ4v) is 1.25. The molecule has 0 aliphatic heterocycles. The van der Waals surface area contributed by atoms with Crippen LogP contribution in [0.25, 0.3) is 0 Å². The molecule has 0 saturated heterocycles. The highest BCUT2D eigenvalue weighted by atomic mass is 16.1. The minimum absolute atomic E-state index is 0.0103. The molecule has 1 amide bonds. The third-order valence-electron chi connectivity index (χ3n) is 1.98. The van der Waals surface area contributed by atoms with E-state index in [0.29, 0.717) is 0 Å². The summed E-state index contributed by atoms with van der Waals surface area (Å²) < 4.78 is 0. The number of aromatic nitrogens is 1. The number of allylic oxidation sites excluding steroid dienone is 1. The first-order valence-corrected chi connectivity index (χ1v) is 4.95. The van der Waals surface area contributed by atoms with Crippen LogP contribution in [-0.2, 0) is 4.79 Å². The maximum absolute atomic E-state index is 11.4. The van der Waals surface area contributed by atoms with Crippen molar-refractivity contribution < 1.29 is 4.79 Å². The second kappa shape index (κ2) is 5.29. The monoisotopic (exact) mass is 204 g/mol. The lowest BCUT2D eigenvalue weighted by molar-refractivity contribution is -0.117. The Hall–Kier alpha value is -1.64. The summed E-state index contributed by atoms with van der Waals surface area (Å²) in [5.74, 6) is -0.0562. The molecule has 1 atom stereocenters. The van der Waals surface area contributed by atoms with E-state index in [0.717, 1.165) is 11.1 Å². The smallest absolute Gasteiger partial charge is 0.244 e. The van der Waals surface area contributed by atoms with Crippen LogP contribution in [0.4, 0.5) is 0 Å². The van der Waals surface area contributed by atoms with E-state index in [9.17, 15) is 4.79 Å². The van der Waals surface area contributed by atoms with Gasteiger partial charge in [0.2, 0.25) is 5.91 Å². The van der Waals surface area contributed by atoms with Crippen molar-refractivity contribution in [3.05, 3.63) is 41.7 Å². The Morgan fingerprint density at radius 1 is 1.40 bits per heavy atom. The number of hydrogen-bond acceptors (Lipinski definition) is 2. The minimum Gasteiger partial charge on any atom is -0.346 e. The molecule has 1 unspecified atom stereocenters. The molecule has 3 heteroatoms. The van der Waals surface area contributed by atoms with Crippen LogP contribution in [0.3, 0.4) is 0 Å². The van der Waals surface area contributed by atoms with Gasteiger partial charge in [0.05, 0.1) is 6.04 Å². The lowest BCUT2D eigenvalue weighted by Crippen LogP contribution is -2.24. The minimum atomic E-state index is -0.0562. The van der Waals surface area contributed by atoms with E-state index >= 15 is 0 Å². The summed E-state index contributed by atoms with van der Waals surface area (Å²) in [5.41, 5.74) is 2.05. The van der Waals surface area contributed by atoms with Gasteiger partial charge in [-0.1, -0.05) is 5.57 Å². The van der Waals surface area contributed by atoms with Crippen molar-refractivity contribution in [2.24, 2.45) is 0 Å². The van der Waals surface area contributed by atoms with Crippen LogP contribution in [0.2, 0.25) is 0 Å². The Labute approximate surface area is 90.2 Å². The molecule has 1 heterocycles. The standard InChI is InChI=1S/C12H16N2O/c1-9(2)8-12(15)14-10(3)11-4-6-13-7-5-11/h4-8,10H,1-3H3,(H,14,15). The second-order valence-corrected chi connectivity index (χ2v) is 3.73. The molecular weight excluding hydrogens is 188 g/mol. The van der Waals surface area contributed by atoms with E-state index in [4.69, 9.17) is 0 Å². The van der Waals surface area contributed by atoms with Gasteiger partial charge in [0.25, 0.3) is 0 Å². The normalized spacial score (nSPS) is 11.7. The molecule has 0 fully saturated rings. The summed E-state index contributed by atoms with van der Waals surface area (Å²) >= 11 is 0. The molecule has 0 radical (unpaired) electrons. The van der Waals surface area contributed by atoms with Gasteiger partial charge in [-0.3, -0.25) is 9.78 Å². The van der Waals surface area contributed by atoms with Crippen LogP contribution in [0.5, 0.6) is 0 Å². The van der Waals surface area contributed by atoms with Gasteiger partial charge in [-0.05, 0) is 38.5 Å². The number of nitrogens with one attached hydrogen (secondary N) is 1. The Kier molecular flexibility index (Phi) is 4.03. The van der Waals surface area contributed by atoms with E-state index in [1.54, 1.807) is 18.5 Å². The quantitative estimate of drug-likeness (QED) is 0.767. The Morgan fingerprint density at radius 2 is 2.00 bits per heavy atom. The lowest BCUT2D eigenvalue weighted by atomic mass is 10.1. The predicted octanol–water partition coefficient (Wildman–Crippen LogP) is 2.22. The van der Waals surface area contributed by atoms with Gasteiger partial charge in [-0.15, -0.1) is 0 Å². The van der Waals surface area contributed by atoms with Crippen molar-refractivity contribution in [2.45, 2.75) is 26.8 Å². The third-order valence-corrected chi connectivity index (χ3v) is 1.98. The van der Waals surface area contributed by atoms with Crippen molar-refractivity contribution in [3.8, 4) is 0 Å². The molecule has 15 heavy (non-hydrogen) atoms. The maximum atomic E-state index is 11.4. The number of nitrogens with zero attached hydrogens (tertiary/aromatic N) is 1. The summed E-state index contributed by atoms with van der Waals surface area (Å²) in [7, 11) is 0. The lowest BCUT2D eigenvalue weighted by Gasteiger charge is -2.12. The van der Waals surface area contributed by atoms with Crippen LogP contribution in [0.15, 0.2) is 36.2 Å². The van der Waals surface area contributed by atoms with E-state index in [-0.39, 0.29) is 11.9 Å². The number of pyridine rings is 1. The number of carbonyl (C=O) groups is 1. The van der Waals surface area contributed by atoms with Gasteiger partial charge in [-0.25, -0.2) is 0 Å². The Bertz CT molecular complexity index is 353. The summed E-state index contributed by atoms with van der Waals surface area (Å²) in [5, 5.41) is 2.88. The van der Waals surface area contributed by atoms with Crippen molar-refractivity contribution in [2.75, 3.05) is 0 Å². The molecule has 0 saturated carbocycles. The molecule has 0 spiro atoms. The number of rotatable bonds is 3. The van der Waals surface area contributed by atoms with Crippen LogP contribution in [0, 0.1) is 0 Å². The molecule has 1 aromatic rings. The summed E-state index contributed by atoms with van der Waals surface area (Å²) in [6.07, 6.45) is 5.04. The van der Waals surface area contributed by atoms with Gasteiger partial charge in [0.1, 0.15) is 0 Å². The maximum Gasteiger partial charge on any atom is 0.244 e. The van der Waals surface area contributed by atoms with E-state index < -0.39 is 0 Å². The topological polar surface area (TPSA) is 42.0 Å². The first-order valence-electron chi connectivity index (χ1n) is 4.95. The number of amides is 1. The molecule has 80 valence electrons. The SMILES string of the molecule is CC(C)=CC(=O)NC(C)c1ccncc1. The van der Waals surface area contributed by atoms with Crippen molar-refractivity contribution >= 4 is 5.91 Å². The molecule has 1 aromatic heterocycles. The summed E-state index contributed by atoms with van der Waals surface area (Å²) in [4.78, 5) is 15.4. The average molecular weight is 204 g/mol. The number of hydrogen-bond donors (Lipinski definition) is 1. The Balaban J connectivity index is 2.61. The van der Waals surface area contributed by atoms with E-state index in [1.165, 1.54) is 0 Å². The van der Waals surface area contributed by atoms with Crippen LogP contribution < -0.4 is 5.32 Å². The predicted molar refractivity (Wildman–Crippen MR) is 60.2 cm³/mol. The van der Waals surface area contributed by atoms with Gasteiger partial charge in [0.15, 0.2) is 0 Å². The van der Waals surface area contributed by atoms with E-state index in [2.05, 4.69) is 10.3 Å². The molecular formula is C12H16N2O. The third kappa shape index (κ3) is 3.94. The zero-order valence-electron chi connectivity index (χ0n) is 9.32. The Morgan fingerprint density at radius 3 is 2.53 bits per heavy atom. The van der Waals surface area contributed by atoms with Crippen LogP contribution in [-0.4, -0.2) is 10.9 Å². The van der Waals surface area contributed by atoms with Crippen LogP contribution in [0.1, 0.15) is 32.4 Å². The average Bonchev–Trinajstić information content (AvgIpc) is 2.17. The van der Waals surface area contributed by atoms with Crippen molar-refractivity contribution in [1.29, 1.82) is 0 Å². The highest BCUT2D eigenvalue weighted by Gasteiger charge is 2.06. The molecule has 0 bridgehead atoms. The van der Waals surface area contributed by atoms with Gasteiger partial charge in [-0.2, -0.15) is 0 Å². The summed E-state index contributed by atoms with van der Waals surface area (Å²) in [6, 6.07) is 3.80. The molecule has 0 aliphatic carbocycles. The van der Waals surface area contributed by atoms with Gasteiger partial charge < -0.3 is 5.32 Å².